The zero-order chi connectivity index (χ0) is 12.6. The Morgan fingerprint density at radius 3 is 2.65 bits per heavy atom. The average Bonchev–Trinajstić information content (AvgIpc) is 2.59. The van der Waals surface area contributed by atoms with Gasteiger partial charge in [0.15, 0.2) is 0 Å². The Bertz CT molecular complexity index is 465. The van der Waals surface area contributed by atoms with E-state index in [0.717, 1.165) is 29.7 Å². The second kappa shape index (κ2) is 4.42. The molecule has 0 saturated heterocycles. The van der Waals surface area contributed by atoms with E-state index in [1.54, 1.807) is 6.07 Å². The molecule has 17 heavy (non-hydrogen) atoms. The molecule has 1 aromatic carbocycles. The third kappa shape index (κ3) is 2.69. The molecule has 0 N–H and O–H groups in total. The molecule has 1 aliphatic rings. The van der Waals surface area contributed by atoms with Gasteiger partial charge in [-0.05, 0) is 57.4 Å². The first-order valence-corrected chi connectivity index (χ1v) is 6.77. The summed E-state index contributed by atoms with van der Waals surface area (Å²) < 4.78 is 28.9. The van der Waals surface area contributed by atoms with Gasteiger partial charge in [-0.25, -0.2) is 4.39 Å². The molecule has 2 rings (SSSR count). The number of nitrogens with zero attached hydrogens (tertiary/aromatic N) is 1. The second-order valence-corrected chi connectivity index (χ2v) is 7.11. The molecule has 0 aromatic heterocycles. The van der Waals surface area contributed by atoms with Crippen molar-refractivity contribution in [2.45, 2.75) is 38.4 Å². The predicted molar refractivity (Wildman–Crippen MR) is 69.2 cm³/mol. The summed E-state index contributed by atoms with van der Waals surface area (Å²) in [4.78, 5) is 0. The van der Waals surface area contributed by atoms with Crippen molar-refractivity contribution in [2.24, 2.45) is 4.40 Å². The predicted octanol–water partition coefficient (Wildman–Crippen LogP) is 3.02. The van der Waals surface area contributed by atoms with Crippen LogP contribution in [-0.4, -0.2) is 15.0 Å². The van der Waals surface area contributed by atoms with Gasteiger partial charge in [-0.1, -0.05) is 4.40 Å². The van der Waals surface area contributed by atoms with Gasteiger partial charge in [0.25, 0.3) is 0 Å². The van der Waals surface area contributed by atoms with Crippen LogP contribution in [0.1, 0.15) is 38.3 Å². The van der Waals surface area contributed by atoms with E-state index in [0.29, 0.717) is 0 Å². The molecule has 92 valence electrons. The van der Waals surface area contributed by atoms with Crippen LogP contribution in [0.2, 0.25) is 0 Å². The first-order chi connectivity index (χ1) is 7.88. The van der Waals surface area contributed by atoms with Gasteiger partial charge in [-0.3, -0.25) is 0 Å². The largest absolute Gasteiger partial charge is 0.591 e. The molecule has 0 aliphatic heterocycles. The third-order valence-electron chi connectivity index (χ3n) is 2.73. The standard InChI is InChI=1S/C13H16FNOS/c1-13(2,3)17(16)15-12-7-4-9-8-10(14)5-6-11(9)12/h5-6,8H,4,7H2,1-3H3/t17-/m0/s1. The highest BCUT2D eigenvalue weighted by Gasteiger charge is 2.29. The van der Waals surface area contributed by atoms with Crippen LogP contribution in [0.3, 0.4) is 0 Å². The highest BCUT2D eigenvalue weighted by atomic mass is 32.2. The number of halogens is 1. The lowest BCUT2D eigenvalue weighted by Crippen LogP contribution is -2.26. The summed E-state index contributed by atoms with van der Waals surface area (Å²) in [5.74, 6) is -0.220. The number of hydrogen-bond acceptors (Lipinski definition) is 2. The van der Waals surface area contributed by atoms with Crippen molar-refractivity contribution in [2.75, 3.05) is 0 Å². The lowest BCUT2D eigenvalue weighted by molar-refractivity contribution is 0.561. The molecule has 0 heterocycles. The summed E-state index contributed by atoms with van der Waals surface area (Å²) in [6.45, 7) is 5.69. The molecule has 1 atom stereocenters. The number of hydrogen-bond donors (Lipinski definition) is 0. The van der Waals surface area contributed by atoms with Crippen molar-refractivity contribution >= 4 is 17.1 Å². The molecule has 0 unspecified atom stereocenters. The molecule has 0 saturated carbocycles. The monoisotopic (exact) mass is 253 g/mol. The second-order valence-electron chi connectivity index (χ2n) is 5.20. The third-order valence-corrected chi connectivity index (χ3v) is 4.16. The van der Waals surface area contributed by atoms with Crippen LogP contribution in [0, 0.1) is 5.82 Å². The Morgan fingerprint density at radius 1 is 1.29 bits per heavy atom. The molecule has 0 radical (unpaired) electrons. The van der Waals surface area contributed by atoms with Gasteiger partial charge in [0, 0.05) is 5.56 Å². The van der Waals surface area contributed by atoms with Gasteiger partial charge in [0.05, 0.1) is 5.71 Å². The molecular weight excluding hydrogens is 237 g/mol. The molecule has 0 amide bonds. The van der Waals surface area contributed by atoms with Crippen LogP contribution >= 0.6 is 0 Å². The molecule has 1 aromatic rings. The van der Waals surface area contributed by atoms with Crippen LogP contribution in [0.4, 0.5) is 4.39 Å². The van der Waals surface area contributed by atoms with Crippen LogP contribution in [0.5, 0.6) is 0 Å². The van der Waals surface area contributed by atoms with Gasteiger partial charge in [-0.2, -0.15) is 0 Å². The first kappa shape index (κ1) is 12.6. The van der Waals surface area contributed by atoms with Crippen molar-refractivity contribution in [1.29, 1.82) is 0 Å². The number of rotatable bonds is 1. The Kier molecular flexibility index (Phi) is 3.27. The smallest absolute Gasteiger partial charge is 0.144 e. The Hall–Kier alpha value is -0.870. The van der Waals surface area contributed by atoms with Crippen LogP contribution in [0.15, 0.2) is 22.6 Å². The minimum Gasteiger partial charge on any atom is -0.591 e. The van der Waals surface area contributed by atoms with Crippen LogP contribution in [-0.2, 0) is 17.8 Å². The van der Waals surface area contributed by atoms with E-state index in [9.17, 15) is 8.94 Å². The summed E-state index contributed by atoms with van der Waals surface area (Å²) in [5.41, 5.74) is 2.76. The maximum atomic E-state index is 13.0. The average molecular weight is 253 g/mol. The summed E-state index contributed by atoms with van der Waals surface area (Å²) >= 11 is -1.25. The van der Waals surface area contributed by atoms with E-state index in [-0.39, 0.29) is 10.6 Å². The van der Waals surface area contributed by atoms with Crippen molar-refractivity contribution < 1.29 is 8.94 Å². The van der Waals surface area contributed by atoms with E-state index >= 15 is 0 Å². The minimum absolute atomic E-state index is 0.220. The molecule has 0 spiro atoms. The van der Waals surface area contributed by atoms with Crippen molar-refractivity contribution in [3.8, 4) is 0 Å². The highest BCUT2D eigenvalue weighted by molar-refractivity contribution is 7.91. The normalized spacial score (nSPS) is 19.5. The van der Waals surface area contributed by atoms with E-state index < -0.39 is 11.4 Å². The Morgan fingerprint density at radius 2 is 2.00 bits per heavy atom. The van der Waals surface area contributed by atoms with Gasteiger partial charge in [-0.15, -0.1) is 0 Å². The Labute approximate surface area is 104 Å². The minimum atomic E-state index is -1.25. The number of aryl methyl sites for hydroxylation is 1. The van der Waals surface area contributed by atoms with Crippen molar-refractivity contribution in [1.82, 2.24) is 0 Å². The summed E-state index contributed by atoms with van der Waals surface area (Å²) in [7, 11) is 0. The van der Waals surface area contributed by atoms with Gasteiger partial charge in [0.1, 0.15) is 21.9 Å². The van der Waals surface area contributed by atoms with Gasteiger partial charge < -0.3 is 4.55 Å². The zero-order valence-corrected chi connectivity index (χ0v) is 11.1. The summed E-state index contributed by atoms with van der Waals surface area (Å²) in [5, 5.41) is 0. The lowest BCUT2D eigenvalue weighted by atomic mass is 10.1. The fourth-order valence-corrected chi connectivity index (χ4v) is 2.43. The fourth-order valence-electron chi connectivity index (χ4n) is 1.77. The molecule has 0 fully saturated rings. The topological polar surface area (TPSA) is 35.4 Å². The Balaban J connectivity index is 2.31. The fraction of sp³-hybridized carbons (Fsp3) is 0.462. The number of benzene rings is 1. The summed E-state index contributed by atoms with van der Waals surface area (Å²) in [6, 6.07) is 4.70. The maximum absolute atomic E-state index is 13.0. The zero-order valence-electron chi connectivity index (χ0n) is 10.3. The van der Waals surface area contributed by atoms with Gasteiger partial charge in [0.2, 0.25) is 0 Å². The van der Waals surface area contributed by atoms with Crippen LogP contribution in [0.25, 0.3) is 0 Å². The maximum Gasteiger partial charge on any atom is 0.144 e. The molecule has 1 aliphatic carbocycles. The first-order valence-electron chi connectivity index (χ1n) is 5.66. The number of fused-ring (bicyclic) bond motifs is 1. The molecule has 2 nitrogen and oxygen atoms in total. The molecule has 0 bridgehead atoms. The van der Waals surface area contributed by atoms with Crippen molar-refractivity contribution in [3.63, 3.8) is 0 Å². The summed E-state index contributed by atoms with van der Waals surface area (Å²) in [6.07, 6.45) is 1.54. The van der Waals surface area contributed by atoms with Crippen molar-refractivity contribution in [3.05, 3.63) is 35.1 Å². The van der Waals surface area contributed by atoms with E-state index in [4.69, 9.17) is 0 Å². The van der Waals surface area contributed by atoms with Crippen LogP contribution < -0.4 is 0 Å². The van der Waals surface area contributed by atoms with E-state index in [1.165, 1.54) is 12.1 Å². The SMILES string of the molecule is CC(C)(C)[S@+]([O-])N=C1CCc2cc(F)ccc21. The molecular formula is C13H16FNOS. The lowest BCUT2D eigenvalue weighted by Gasteiger charge is -2.18. The van der Waals surface area contributed by atoms with Gasteiger partial charge >= 0.3 is 0 Å². The molecule has 4 heteroatoms. The highest BCUT2D eigenvalue weighted by Crippen LogP contribution is 2.26. The van der Waals surface area contributed by atoms with E-state index in [1.807, 2.05) is 20.8 Å². The quantitative estimate of drug-likeness (QED) is 0.708. The van der Waals surface area contributed by atoms with E-state index in [2.05, 4.69) is 4.40 Å².